The molecule has 1 unspecified atom stereocenters. The monoisotopic (exact) mass is 342 g/mol. The number of rotatable bonds is 3. The first-order valence-corrected chi connectivity index (χ1v) is 9.57. The Hall–Kier alpha value is -1.75. The molecule has 2 aliphatic heterocycles. The Bertz CT molecular complexity index is 727. The van der Waals surface area contributed by atoms with Crippen molar-refractivity contribution in [3.8, 4) is 0 Å². The maximum Gasteiger partial charge on any atom is 0.149 e. The van der Waals surface area contributed by atoms with E-state index in [9.17, 15) is 4.39 Å². The second-order valence-electron chi connectivity index (χ2n) is 7.77. The molecule has 2 fully saturated rings. The van der Waals surface area contributed by atoms with Gasteiger partial charge in [-0.2, -0.15) is 0 Å². The Morgan fingerprint density at radius 3 is 2.80 bits per heavy atom. The van der Waals surface area contributed by atoms with Crippen LogP contribution >= 0.6 is 0 Å². The Labute approximate surface area is 149 Å². The van der Waals surface area contributed by atoms with Crippen molar-refractivity contribution in [2.75, 3.05) is 37.6 Å². The third kappa shape index (κ3) is 3.61. The number of halogens is 1. The average molecular weight is 342 g/mol. The Kier molecular flexibility index (Phi) is 4.84. The van der Waals surface area contributed by atoms with Gasteiger partial charge in [0.25, 0.3) is 0 Å². The molecule has 2 aliphatic rings. The van der Waals surface area contributed by atoms with Crippen LogP contribution in [0.4, 0.5) is 10.2 Å². The predicted octanol–water partition coefficient (Wildman–Crippen LogP) is 3.72. The summed E-state index contributed by atoms with van der Waals surface area (Å²) >= 11 is 0. The fraction of sp³-hybridized carbons (Fsp3) is 0.600. The van der Waals surface area contributed by atoms with Crippen LogP contribution in [0.25, 0.3) is 10.9 Å². The van der Waals surface area contributed by atoms with Crippen molar-refractivity contribution >= 4 is 16.7 Å². The minimum absolute atomic E-state index is 0.267. The topological polar surface area (TPSA) is 32.3 Å². The smallest absolute Gasteiger partial charge is 0.149 e. The summed E-state index contributed by atoms with van der Waals surface area (Å²) in [5, 5.41) is 0.829. The van der Waals surface area contributed by atoms with Gasteiger partial charge in [-0.25, -0.2) is 14.4 Å². The quantitative estimate of drug-likeness (QED) is 0.851. The first-order valence-electron chi connectivity index (χ1n) is 9.57. The summed E-state index contributed by atoms with van der Waals surface area (Å²) in [5.41, 5.74) is 0.430. The van der Waals surface area contributed by atoms with Gasteiger partial charge < -0.3 is 9.80 Å². The lowest BCUT2D eigenvalue weighted by Crippen LogP contribution is -2.43. The summed E-state index contributed by atoms with van der Waals surface area (Å²) in [4.78, 5) is 13.6. The third-order valence-electron chi connectivity index (χ3n) is 5.81. The van der Waals surface area contributed by atoms with Gasteiger partial charge in [-0.1, -0.05) is 13.0 Å². The van der Waals surface area contributed by atoms with Crippen molar-refractivity contribution < 1.29 is 4.39 Å². The van der Waals surface area contributed by atoms with Crippen LogP contribution < -0.4 is 4.90 Å². The highest BCUT2D eigenvalue weighted by Crippen LogP contribution is 2.29. The van der Waals surface area contributed by atoms with Crippen LogP contribution in [0.2, 0.25) is 0 Å². The molecule has 2 saturated heterocycles. The van der Waals surface area contributed by atoms with Gasteiger partial charge in [0.2, 0.25) is 0 Å². The third-order valence-corrected chi connectivity index (χ3v) is 5.81. The molecule has 2 aromatic rings. The Morgan fingerprint density at radius 1 is 1.12 bits per heavy atom. The van der Waals surface area contributed by atoms with Gasteiger partial charge >= 0.3 is 0 Å². The molecule has 0 aliphatic carbocycles. The van der Waals surface area contributed by atoms with Gasteiger partial charge in [-0.15, -0.1) is 0 Å². The molecule has 5 heteroatoms. The van der Waals surface area contributed by atoms with E-state index in [1.807, 2.05) is 6.07 Å². The SMILES string of the molecule is CC1CCN(CC2CCCN(c3ncnc4c(F)cccc34)C2)CC1. The zero-order chi connectivity index (χ0) is 17.2. The van der Waals surface area contributed by atoms with Crippen molar-refractivity contribution in [2.24, 2.45) is 11.8 Å². The number of para-hydroxylation sites is 1. The number of anilines is 1. The van der Waals surface area contributed by atoms with Gasteiger partial charge in [0.15, 0.2) is 0 Å². The maximum absolute atomic E-state index is 14.0. The summed E-state index contributed by atoms with van der Waals surface area (Å²) in [6, 6.07) is 5.15. The van der Waals surface area contributed by atoms with Crippen LogP contribution in [0.1, 0.15) is 32.6 Å². The highest BCUT2D eigenvalue weighted by molar-refractivity contribution is 5.89. The number of hydrogen-bond donors (Lipinski definition) is 0. The predicted molar refractivity (Wildman–Crippen MR) is 99.3 cm³/mol. The van der Waals surface area contributed by atoms with Crippen LogP contribution in [0.3, 0.4) is 0 Å². The van der Waals surface area contributed by atoms with Gasteiger partial charge in [-0.3, -0.25) is 0 Å². The lowest BCUT2D eigenvalue weighted by Gasteiger charge is -2.38. The molecule has 4 nitrogen and oxygen atoms in total. The summed E-state index contributed by atoms with van der Waals surface area (Å²) in [7, 11) is 0. The van der Waals surface area contributed by atoms with E-state index in [1.165, 1.54) is 57.7 Å². The van der Waals surface area contributed by atoms with Crippen molar-refractivity contribution in [2.45, 2.75) is 32.6 Å². The lowest BCUT2D eigenvalue weighted by atomic mass is 9.94. The summed E-state index contributed by atoms with van der Waals surface area (Å²) < 4.78 is 14.0. The Morgan fingerprint density at radius 2 is 1.96 bits per heavy atom. The number of benzene rings is 1. The second kappa shape index (κ2) is 7.24. The average Bonchev–Trinajstić information content (AvgIpc) is 2.64. The first kappa shape index (κ1) is 16.7. The molecule has 0 N–H and O–H groups in total. The van der Waals surface area contributed by atoms with E-state index in [0.717, 1.165) is 30.2 Å². The van der Waals surface area contributed by atoms with Gasteiger partial charge in [0, 0.05) is 25.0 Å². The van der Waals surface area contributed by atoms with Crippen LogP contribution in [0.15, 0.2) is 24.5 Å². The molecule has 0 saturated carbocycles. The molecular formula is C20H27FN4. The summed E-state index contributed by atoms with van der Waals surface area (Å²) in [6.07, 6.45) is 6.60. The number of aromatic nitrogens is 2. The van der Waals surface area contributed by atoms with E-state index >= 15 is 0 Å². The fourth-order valence-corrected chi connectivity index (χ4v) is 4.31. The standard InChI is InChI=1S/C20H27FN4/c1-15-7-10-24(11-8-15)12-16-4-3-9-25(13-16)20-17-5-2-6-18(21)19(17)22-14-23-20/h2,5-6,14-16H,3-4,7-13H2,1H3. The van der Waals surface area contributed by atoms with E-state index in [2.05, 4.69) is 26.7 Å². The molecule has 1 aromatic carbocycles. The highest BCUT2D eigenvalue weighted by atomic mass is 19.1. The number of likely N-dealkylation sites (tertiary alicyclic amines) is 1. The Balaban J connectivity index is 1.49. The van der Waals surface area contributed by atoms with Gasteiger partial charge in [0.1, 0.15) is 23.5 Å². The molecular weight excluding hydrogens is 315 g/mol. The number of piperidine rings is 2. The highest BCUT2D eigenvalue weighted by Gasteiger charge is 2.26. The maximum atomic E-state index is 14.0. The van der Waals surface area contributed by atoms with E-state index in [4.69, 9.17) is 0 Å². The molecule has 1 atom stereocenters. The molecule has 0 amide bonds. The molecule has 25 heavy (non-hydrogen) atoms. The van der Waals surface area contributed by atoms with Crippen LogP contribution in [0.5, 0.6) is 0 Å². The fourth-order valence-electron chi connectivity index (χ4n) is 4.31. The van der Waals surface area contributed by atoms with Crippen molar-refractivity contribution in [1.82, 2.24) is 14.9 Å². The van der Waals surface area contributed by atoms with E-state index in [0.29, 0.717) is 11.4 Å². The molecule has 3 heterocycles. The van der Waals surface area contributed by atoms with E-state index in [-0.39, 0.29) is 5.82 Å². The largest absolute Gasteiger partial charge is 0.356 e. The van der Waals surface area contributed by atoms with Crippen LogP contribution in [-0.2, 0) is 0 Å². The number of nitrogens with zero attached hydrogens (tertiary/aromatic N) is 4. The van der Waals surface area contributed by atoms with Crippen LogP contribution in [0, 0.1) is 17.7 Å². The lowest BCUT2D eigenvalue weighted by molar-refractivity contribution is 0.159. The molecule has 4 rings (SSSR count). The minimum Gasteiger partial charge on any atom is -0.356 e. The van der Waals surface area contributed by atoms with Crippen molar-refractivity contribution in [1.29, 1.82) is 0 Å². The normalized spacial score (nSPS) is 23.3. The summed E-state index contributed by atoms with van der Waals surface area (Å²) in [5.74, 6) is 2.17. The van der Waals surface area contributed by atoms with Gasteiger partial charge in [-0.05, 0) is 62.7 Å². The molecule has 0 bridgehead atoms. The van der Waals surface area contributed by atoms with E-state index < -0.39 is 0 Å². The molecule has 1 aromatic heterocycles. The number of hydrogen-bond acceptors (Lipinski definition) is 4. The first-order chi connectivity index (χ1) is 12.2. The zero-order valence-corrected chi connectivity index (χ0v) is 15.0. The van der Waals surface area contributed by atoms with Gasteiger partial charge in [0.05, 0.1) is 0 Å². The van der Waals surface area contributed by atoms with Crippen LogP contribution in [-0.4, -0.2) is 47.6 Å². The van der Waals surface area contributed by atoms with Crippen molar-refractivity contribution in [3.63, 3.8) is 0 Å². The zero-order valence-electron chi connectivity index (χ0n) is 15.0. The summed E-state index contributed by atoms with van der Waals surface area (Å²) in [6.45, 7) is 8.02. The molecule has 0 spiro atoms. The van der Waals surface area contributed by atoms with E-state index in [1.54, 1.807) is 6.07 Å². The number of fused-ring (bicyclic) bond motifs is 1. The van der Waals surface area contributed by atoms with Crippen molar-refractivity contribution in [3.05, 3.63) is 30.3 Å². The minimum atomic E-state index is -0.267. The second-order valence-corrected chi connectivity index (χ2v) is 7.77. The molecule has 0 radical (unpaired) electrons. The molecule has 134 valence electrons.